The number of ether oxygens (including phenoxy) is 1. The predicted octanol–water partition coefficient (Wildman–Crippen LogP) is 2.72. The molecule has 0 saturated carbocycles. The quantitative estimate of drug-likeness (QED) is 0.843. The molecule has 4 rings (SSSR count). The Bertz CT molecular complexity index is 803. The number of H-pyrrole nitrogens is 1. The standard InChI is InChI=1S/C22H28N4O3/c27-21(25-12-5-2-6-13-25)15-17-16-26(22(28)19-9-11-23-24-19)14-10-20(17)29-18-7-3-1-4-8-18/h1,3-4,7-9,11,17,20H,2,5-6,10,12-16H2,(H,23,24)/t17-,20-/m0/s1. The molecule has 2 atom stereocenters. The Morgan fingerprint density at radius 1 is 1.03 bits per heavy atom. The average Bonchev–Trinajstić information content (AvgIpc) is 3.31. The van der Waals surface area contributed by atoms with Gasteiger partial charge in [0.2, 0.25) is 5.91 Å². The average molecular weight is 396 g/mol. The van der Waals surface area contributed by atoms with Gasteiger partial charge in [-0.1, -0.05) is 18.2 Å². The molecule has 2 fully saturated rings. The fourth-order valence-electron chi connectivity index (χ4n) is 4.26. The summed E-state index contributed by atoms with van der Waals surface area (Å²) in [5, 5.41) is 6.62. The summed E-state index contributed by atoms with van der Waals surface area (Å²) in [7, 11) is 0. The number of likely N-dealkylation sites (tertiary alicyclic amines) is 2. The van der Waals surface area contributed by atoms with E-state index in [0.717, 1.165) is 31.7 Å². The SMILES string of the molecule is O=C(C[C@H]1CN(C(=O)c2ccn[nH]2)CC[C@@H]1Oc1ccccc1)N1CCCCC1. The highest BCUT2D eigenvalue weighted by Crippen LogP contribution is 2.27. The maximum atomic E-state index is 12.9. The molecule has 1 aromatic heterocycles. The molecule has 7 heteroatoms. The van der Waals surface area contributed by atoms with E-state index in [0.29, 0.717) is 31.6 Å². The second-order valence-corrected chi connectivity index (χ2v) is 7.89. The third-order valence-corrected chi connectivity index (χ3v) is 5.86. The number of nitrogens with zero attached hydrogens (tertiary/aromatic N) is 3. The maximum absolute atomic E-state index is 12.9. The summed E-state index contributed by atoms with van der Waals surface area (Å²) in [6.07, 6.45) is 5.94. The molecule has 2 aliphatic heterocycles. The van der Waals surface area contributed by atoms with Crippen LogP contribution in [-0.4, -0.2) is 64.1 Å². The predicted molar refractivity (Wildman–Crippen MR) is 109 cm³/mol. The van der Waals surface area contributed by atoms with Gasteiger partial charge >= 0.3 is 0 Å². The minimum absolute atomic E-state index is 0.0368. The van der Waals surface area contributed by atoms with E-state index >= 15 is 0 Å². The molecule has 29 heavy (non-hydrogen) atoms. The molecule has 0 unspecified atom stereocenters. The van der Waals surface area contributed by atoms with Crippen LogP contribution in [0.4, 0.5) is 0 Å². The van der Waals surface area contributed by atoms with Crippen molar-refractivity contribution < 1.29 is 14.3 Å². The van der Waals surface area contributed by atoms with Gasteiger partial charge in [-0.3, -0.25) is 14.7 Å². The van der Waals surface area contributed by atoms with Crippen molar-refractivity contribution >= 4 is 11.8 Å². The monoisotopic (exact) mass is 396 g/mol. The van der Waals surface area contributed by atoms with Crippen molar-refractivity contribution in [3.8, 4) is 5.75 Å². The summed E-state index contributed by atoms with van der Waals surface area (Å²) in [5.41, 5.74) is 0.480. The highest BCUT2D eigenvalue weighted by atomic mass is 16.5. The summed E-state index contributed by atoms with van der Waals surface area (Å²) in [4.78, 5) is 29.5. The van der Waals surface area contributed by atoms with Crippen LogP contribution in [0.25, 0.3) is 0 Å². The largest absolute Gasteiger partial charge is 0.490 e. The Kier molecular flexibility index (Phi) is 6.12. The third-order valence-electron chi connectivity index (χ3n) is 5.86. The van der Waals surface area contributed by atoms with E-state index in [1.807, 2.05) is 40.1 Å². The number of piperidine rings is 2. The number of rotatable bonds is 5. The number of aromatic nitrogens is 2. The van der Waals surface area contributed by atoms with Gasteiger partial charge in [-0.2, -0.15) is 5.10 Å². The van der Waals surface area contributed by atoms with Gasteiger partial charge in [0.25, 0.3) is 5.91 Å². The van der Waals surface area contributed by atoms with E-state index < -0.39 is 0 Å². The van der Waals surface area contributed by atoms with Crippen LogP contribution in [0.1, 0.15) is 42.6 Å². The molecule has 154 valence electrons. The Balaban J connectivity index is 1.46. The molecule has 0 spiro atoms. The fraction of sp³-hybridized carbons (Fsp3) is 0.500. The van der Waals surface area contributed by atoms with E-state index in [9.17, 15) is 9.59 Å². The molecule has 2 aliphatic rings. The van der Waals surface area contributed by atoms with Gasteiger partial charge in [0, 0.05) is 51.1 Å². The van der Waals surface area contributed by atoms with Gasteiger partial charge < -0.3 is 14.5 Å². The van der Waals surface area contributed by atoms with E-state index in [1.165, 1.54) is 6.42 Å². The Hall–Kier alpha value is -2.83. The Labute approximate surface area is 171 Å². The first-order chi connectivity index (χ1) is 14.2. The first kappa shape index (κ1) is 19.5. The topological polar surface area (TPSA) is 78.5 Å². The zero-order chi connectivity index (χ0) is 20.1. The van der Waals surface area contributed by atoms with E-state index in [2.05, 4.69) is 10.2 Å². The van der Waals surface area contributed by atoms with E-state index in [4.69, 9.17) is 4.74 Å². The molecule has 3 heterocycles. The van der Waals surface area contributed by atoms with E-state index in [1.54, 1.807) is 12.3 Å². The molecule has 0 aliphatic carbocycles. The van der Waals surface area contributed by atoms with Crippen molar-refractivity contribution in [2.75, 3.05) is 26.2 Å². The fourth-order valence-corrected chi connectivity index (χ4v) is 4.26. The number of carbonyl (C=O) groups excluding carboxylic acids is 2. The molecule has 1 aromatic carbocycles. The van der Waals surface area contributed by atoms with Crippen LogP contribution in [-0.2, 0) is 4.79 Å². The van der Waals surface area contributed by atoms with Crippen molar-refractivity contribution in [1.29, 1.82) is 0 Å². The highest BCUT2D eigenvalue weighted by molar-refractivity contribution is 5.92. The Morgan fingerprint density at radius 2 is 1.83 bits per heavy atom. The van der Waals surface area contributed by atoms with E-state index in [-0.39, 0.29) is 23.8 Å². The number of para-hydroxylation sites is 1. The van der Waals surface area contributed by atoms with Gasteiger partial charge in [0.1, 0.15) is 17.5 Å². The van der Waals surface area contributed by atoms with Crippen LogP contribution < -0.4 is 4.74 Å². The minimum Gasteiger partial charge on any atom is -0.490 e. The first-order valence-corrected chi connectivity index (χ1v) is 10.5. The van der Waals surface area contributed by atoms with Gasteiger partial charge in [-0.15, -0.1) is 0 Å². The molecule has 2 amide bonds. The molecule has 0 radical (unpaired) electrons. The lowest BCUT2D eigenvalue weighted by Crippen LogP contribution is -2.50. The molecule has 7 nitrogen and oxygen atoms in total. The van der Waals surface area contributed by atoms with Crippen LogP contribution in [0.15, 0.2) is 42.6 Å². The van der Waals surface area contributed by atoms with Gasteiger partial charge in [-0.05, 0) is 37.5 Å². The van der Waals surface area contributed by atoms with Crippen molar-refractivity contribution in [3.05, 3.63) is 48.3 Å². The number of carbonyl (C=O) groups is 2. The maximum Gasteiger partial charge on any atom is 0.271 e. The number of benzene rings is 1. The summed E-state index contributed by atoms with van der Waals surface area (Å²) >= 11 is 0. The third kappa shape index (κ3) is 4.78. The van der Waals surface area contributed by atoms with Crippen LogP contribution in [0.5, 0.6) is 5.75 Å². The minimum atomic E-state index is -0.0862. The molecule has 2 saturated heterocycles. The zero-order valence-corrected chi connectivity index (χ0v) is 16.6. The summed E-state index contributed by atoms with van der Waals surface area (Å²) < 4.78 is 6.25. The van der Waals surface area contributed by atoms with Crippen molar-refractivity contribution in [2.45, 2.75) is 38.2 Å². The number of hydrogen-bond donors (Lipinski definition) is 1. The number of amides is 2. The van der Waals surface area contributed by atoms with Crippen LogP contribution in [0.3, 0.4) is 0 Å². The molecule has 0 bridgehead atoms. The number of nitrogens with one attached hydrogen (secondary N) is 1. The second kappa shape index (κ2) is 9.11. The summed E-state index contributed by atoms with van der Waals surface area (Å²) in [6, 6.07) is 11.4. The second-order valence-electron chi connectivity index (χ2n) is 7.89. The normalized spacial score (nSPS) is 22.3. The molecule has 2 aromatic rings. The van der Waals surface area contributed by atoms with Crippen LogP contribution >= 0.6 is 0 Å². The molecular formula is C22H28N4O3. The zero-order valence-electron chi connectivity index (χ0n) is 16.6. The lowest BCUT2D eigenvalue weighted by molar-refractivity contribution is -0.134. The van der Waals surface area contributed by atoms with Crippen molar-refractivity contribution in [1.82, 2.24) is 20.0 Å². The highest BCUT2D eigenvalue weighted by Gasteiger charge is 2.36. The smallest absolute Gasteiger partial charge is 0.271 e. The number of hydrogen-bond acceptors (Lipinski definition) is 4. The first-order valence-electron chi connectivity index (χ1n) is 10.5. The Morgan fingerprint density at radius 3 is 2.55 bits per heavy atom. The van der Waals surface area contributed by atoms with Gasteiger partial charge in [0.15, 0.2) is 0 Å². The lowest BCUT2D eigenvalue weighted by atomic mass is 9.90. The van der Waals surface area contributed by atoms with Gasteiger partial charge in [0.05, 0.1) is 0 Å². The number of aromatic amines is 1. The van der Waals surface area contributed by atoms with Crippen molar-refractivity contribution in [2.24, 2.45) is 5.92 Å². The molecule has 1 N–H and O–H groups in total. The van der Waals surface area contributed by atoms with Crippen LogP contribution in [0, 0.1) is 5.92 Å². The summed E-state index contributed by atoms with van der Waals surface area (Å²) in [6.45, 7) is 2.79. The van der Waals surface area contributed by atoms with Crippen LogP contribution in [0.2, 0.25) is 0 Å². The van der Waals surface area contributed by atoms with Crippen molar-refractivity contribution in [3.63, 3.8) is 0 Å². The summed E-state index contributed by atoms with van der Waals surface area (Å²) in [5.74, 6) is 0.870. The van der Waals surface area contributed by atoms with Gasteiger partial charge in [-0.25, -0.2) is 0 Å². The molecular weight excluding hydrogens is 368 g/mol. The lowest BCUT2D eigenvalue weighted by Gasteiger charge is -2.39.